The van der Waals surface area contributed by atoms with Gasteiger partial charge >= 0.3 is 0 Å². The van der Waals surface area contributed by atoms with Crippen LogP contribution in [0.4, 0.5) is 5.69 Å². The van der Waals surface area contributed by atoms with Crippen LogP contribution in [0.3, 0.4) is 0 Å². The van der Waals surface area contributed by atoms with Crippen molar-refractivity contribution >= 4 is 17.5 Å². The summed E-state index contributed by atoms with van der Waals surface area (Å²) in [5.41, 5.74) is 1.61. The molecule has 0 aliphatic heterocycles. The number of hydrogen-bond donors (Lipinski definition) is 3. The average molecular weight is 332 g/mol. The summed E-state index contributed by atoms with van der Waals surface area (Å²) in [5, 5.41) is 15.0. The van der Waals surface area contributed by atoms with E-state index in [9.17, 15) is 14.7 Å². The van der Waals surface area contributed by atoms with Gasteiger partial charge in [0.25, 0.3) is 0 Å². The fraction of sp³-hybridized carbons (Fsp3) is 0.579. The zero-order valence-electron chi connectivity index (χ0n) is 14.6. The summed E-state index contributed by atoms with van der Waals surface area (Å²) in [5.74, 6) is 0.268. The molecule has 132 valence electrons. The minimum Gasteiger partial charge on any atom is -0.396 e. The highest BCUT2D eigenvalue weighted by Gasteiger charge is 2.29. The molecule has 1 aromatic rings. The maximum Gasteiger partial charge on any atom is 0.227 e. The number of nitrogens with one attached hydrogen (secondary N) is 2. The number of aliphatic hydroxyl groups is 1. The first kappa shape index (κ1) is 18.5. The minimum atomic E-state index is -0.0918. The van der Waals surface area contributed by atoms with Gasteiger partial charge in [-0.3, -0.25) is 9.59 Å². The van der Waals surface area contributed by atoms with Crippen LogP contribution in [-0.2, 0) is 16.0 Å². The Morgan fingerprint density at radius 1 is 1.21 bits per heavy atom. The van der Waals surface area contributed by atoms with Crippen molar-refractivity contribution in [3.8, 4) is 0 Å². The second-order valence-corrected chi connectivity index (χ2v) is 7.41. The molecule has 2 rings (SSSR count). The fourth-order valence-corrected chi connectivity index (χ4v) is 2.42. The molecule has 1 aliphatic rings. The molecular formula is C19H28N2O3. The molecule has 5 heteroatoms. The van der Waals surface area contributed by atoms with E-state index in [4.69, 9.17) is 0 Å². The van der Waals surface area contributed by atoms with Gasteiger partial charge < -0.3 is 15.7 Å². The number of aliphatic hydroxyl groups excluding tert-OH is 1. The lowest BCUT2D eigenvalue weighted by Gasteiger charge is -2.21. The third-order valence-electron chi connectivity index (χ3n) is 4.31. The lowest BCUT2D eigenvalue weighted by molar-refractivity contribution is -0.120. The van der Waals surface area contributed by atoms with Gasteiger partial charge in [0, 0.05) is 24.8 Å². The van der Waals surface area contributed by atoms with Crippen molar-refractivity contribution in [1.82, 2.24) is 5.32 Å². The molecule has 2 amide bonds. The number of anilines is 1. The van der Waals surface area contributed by atoms with E-state index in [0.29, 0.717) is 13.0 Å². The third-order valence-corrected chi connectivity index (χ3v) is 4.31. The van der Waals surface area contributed by atoms with E-state index in [1.807, 2.05) is 38.1 Å². The first-order chi connectivity index (χ1) is 11.4. The summed E-state index contributed by atoms with van der Waals surface area (Å²) in [6, 6.07) is 7.42. The SMILES string of the molecule is CC(C)(CO)CCCNC(=O)Cc1ccc(NC(=O)C2CC2)cc1. The number of carbonyl (C=O) groups excluding carboxylic acids is 2. The van der Waals surface area contributed by atoms with Crippen molar-refractivity contribution in [1.29, 1.82) is 0 Å². The van der Waals surface area contributed by atoms with E-state index < -0.39 is 0 Å². The second kappa shape index (κ2) is 8.29. The van der Waals surface area contributed by atoms with Gasteiger partial charge in [0.2, 0.25) is 11.8 Å². The summed E-state index contributed by atoms with van der Waals surface area (Å²) < 4.78 is 0. The molecular weight excluding hydrogens is 304 g/mol. The number of amides is 2. The van der Waals surface area contributed by atoms with Crippen LogP contribution in [0.25, 0.3) is 0 Å². The van der Waals surface area contributed by atoms with Crippen LogP contribution in [0.1, 0.15) is 45.1 Å². The Kier molecular flexibility index (Phi) is 6.37. The van der Waals surface area contributed by atoms with Gasteiger partial charge in [-0.2, -0.15) is 0 Å². The van der Waals surface area contributed by atoms with Crippen LogP contribution in [0, 0.1) is 11.3 Å². The Labute approximate surface area is 143 Å². The Morgan fingerprint density at radius 2 is 1.88 bits per heavy atom. The van der Waals surface area contributed by atoms with Gasteiger partial charge in [0.1, 0.15) is 0 Å². The molecule has 0 spiro atoms. The van der Waals surface area contributed by atoms with Crippen molar-refractivity contribution in [2.24, 2.45) is 11.3 Å². The standard InChI is InChI=1S/C19H28N2O3/c1-19(2,13-22)10-3-11-20-17(23)12-14-4-8-16(9-5-14)21-18(24)15-6-7-15/h4-5,8-9,15,22H,3,6-7,10-13H2,1-2H3,(H,20,23)(H,21,24). The first-order valence-corrected chi connectivity index (χ1v) is 8.67. The first-order valence-electron chi connectivity index (χ1n) is 8.67. The number of rotatable bonds is 9. The molecule has 5 nitrogen and oxygen atoms in total. The molecule has 0 radical (unpaired) electrons. The lowest BCUT2D eigenvalue weighted by atomic mass is 9.89. The molecule has 0 aromatic heterocycles. The fourth-order valence-electron chi connectivity index (χ4n) is 2.42. The van der Waals surface area contributed by atoms with Crippen LogP contribution in [0.5, 0.6) is 0 Å². The Balaban J connectivity index is 1.68. The number of carbonyl (C=O) groups is 2. The molecule has 0 atom stereocenters. The Morgan fingerprint density at radius 3 is 2.46 bits per heavy atom. The molecule has 0 heterocycles. The van der Waals surface area contributed by atoms with Gasteiger partial charge in [-0.25, -0.2) is 0 Å². The summed E-state index contributed by atoms with van der Waals surface area (Å²) in [6.07, 6.45) is 4.03. The van der Waals surface area contributed by atoms with Crippen molar-refractivity contribution < 1.29 is 14.7 Å². The molecule has 0 unspecified atom stereocenters. The van der Waals surface area contributed by atoms with Crippen LogP contribution in [0.15, 0.2) is 24.3 Å². The summed E-state index contributed by atoms with van der Waals surface area (Å²) >= 11 is 0. The predicted molar refractivity (Wildman–Crippen MR) is 94.6 cm³/mol. The van der Waals surface area contributed by atoms with E-state index in [1.54, 1.807) is 0 Å². The summed E-state index contributed by atoms with van der Waals surface area (Å²) in [6.45, 7) is 4.80. The highest BCUT2D eigenvalue weighted by Crippen LogP contribution is 2.30. The van der Waals surface area contributed by atoms with Crippen molar-refractivity contribution in [3.05, 3.63) is 29.8 Å². The molecule has 1 aromatic carbocycles. The van der Waals surface area contributed by atoms with Crippen LogP contribution < -0.4 is 10.6 Å². The topological polar surface area (TPSA) is 78.4 Å². The minimum absolute atomic E-state index is 0.00781. The highest BCUT2D eigenvalue weighted by molar-refractivity contribution is 5.94. The van der Waals surface area contributed by atoms with Gasteiger partial charge in [-0.15, -0.1) is 0 Å². The van der Waals surface area contributed by atoms with E-state index in [-0.39, 0.29) is 29.8 Å². The van der Waals surface area contributed by atoms with Crippen molar-refractivity contribution in [2.45, 2.75) is 46.0 Å². The van der Waals surface area contributed by atoms with E-state index in [1.165, 1.54) is 0 Å². The Bertz CT molecular complexity index is 562. The van der Waals surface area contributed by atoms with Crippen molar-refractivity contribution in [2.75, 3.05) is 18.5 Å². The maximum absolute atomic E-state index is 11.9. The van der Waals surface area contributed by atoms with Gasteiger partial charge in [-0.1, -0.05) is 26.0 Å². The molecule has 24 heavy (non-hydrogen) atoms. The van der Waals surface area contributed by atoms with E-state index in [2.05, 4.69) is 10.6 Å². The largest absolute Gasteiger partial charge is 0.396 e. The molecule has 1 aliphatic carbocycles. The van der Waals surface area contributed by atoms with Gasteiger partial charge in [-0.05, 0) is 48.8 Å². The summed E-state index contributed by atoms with van der Waals surface area (Å²) in [4.78, 5) is 23.6. The number of hydrogen-bond acceptors (Lipinski definition) is 3. The second-order valence-electron chi connectivity index (χ2n) is 7.41. The van der Waals surface area contributed by atoms with Crippen LogP contribution >= 0.6 is 0 Å². The Hall–Kier alpha value is -1.88. The zero-order valence-corrected chi connectivity index (χ0v) is 14.6. The number of benzene rings is 1. The van der Waals surface area contributed by atoms with Crippen LogP contribution in [-0.4, -0.2) is 30.1 Å². The quantitative estimate of drug-likeness (QED) is 0.608. The predicted octanol–water partition coefficient (Wildman–Crippen LogP) is 2.49. The normalized spacial score (nSPS) is 14.3. The smallest absolute Gasteiger partial charge is 0.227 e. The molecule has 3 N–H and O–H groups in total. The van der Waals surface area contributed by atoms with Gasteiger partial charge in [0.05, 0.1) is 6.42 Å². The molecule has 1 saturated carbocycles. The van der Waals surface area contributed by atoms with Gasteiger partial charge in [0.15, 0.2) is 0 Å². The van der Waals surface area contributed by atoms with E-state index in [0.717, 1.165) is 36.9 Å². The van der Waals surface area contributed by atoms with Crippen molar-refractivity contribution in [3.63, 3.8) is 0 Å². The van der Waals surface area contributed by atoms with Crippen LogP contribution in [0.2, 0.25) is 0 Å². The third kappa shape index (κ3) is 6.32. The molecule has 1 fully saturated rings. The molecule has 0 bridgehead atoms. The zero-order chi connectivity index (χ0) is 17.6. The average Bonchev–Trinajstić information content (AvgIpc) is 3.38. The highest BCUT2D eigenvalue weighted by atomic mass is 16.3. The summed E-state index contributed by atoms with van der Waals surface area (Å²) in [7, 11) is 0. The molecule has 0 saturated heterocycles. The lowest BCUT2D eigenvalue weighted by Crippen LogP contribution is -2.27. The van der Waals surface area contributed by atoms with E-state index >= 15 is 0 Å². The maximum atomic E-state index is 11.9. The monoisotopic (exact) mass is 332 g/mol.